The number of halogens is 4. The molecule has 0 saturated heterocycles. The molecule has 0 radical (unpaired) electrons. The van der Waals surface area contributed by atoms with Crippen LogP contribution in [0.15, 0.2) is 29.1 Å². The van der Waals surface area contributed by atoms with E-state index < -0.39 is 24.5 Å². The van der Waals surface area contributed by atoms with Gasteiger partial charge < -0.3 is 9.84 Å². The van der Waals surface area contributed by atoms with Gasteiger partial charge in [0.1, 0.15) is 6.54 Å². The molecule has 1 heterocycles. The molecule has 25 heavy (non-hydrogen) atoms. The third-order valence-electron chi connectivity index (χ3n) is 3.30. The summed E-state index contributed by atoms with van der Waals surface area (Å²) in [5, 5.41) is 21.1. The summed E-state index contributed by atoms with van der Waals surface area (Å²) in [5.41, 5.74) is -0.575. The van der Waals surface area contributed by atoms with Gasteiger partial charge in [-0.25, -0.2) is 9.48 Å². The van der Waals surface area contributed by atoms with Crippen LogP contribution in [0.2, 0.25) is 5.02 Å². The lowest BCUT2D eigenvalue weighted by atomic mass is 10.2. The molecule has 2 N–H and O–H groups in total. The number of nitrogens with one attached hydrogen (secondary N) is 1. The van der Waals surface area contributed by atoms with Gasteiger partial charge in [0.05, 0.1) is 13.7 Å². The maximum atomic E-state index is 12.7. The van der Waals surface area contributed by atoms with Crippen molar-refractivity contribution >= 4 is 17.5 Å². The third-order valence-corrected chi connectivity index (χ3v) is 3.55. The Morgan fingerprint density at radius 2 is 2.00 bits per heavy atom. The molecule has 1 aromatic carbocycles. The van der Waals surface area contributed by atoms with Crippen molar-refractivity contribution in [1.82, 2.24) is 14.3 Å². The van der Waals surface area contributed by atoms with Gasteiger partial charge in [-0.15, -0.1) is 5.10 Å². The maximum Gasteiger partial charge on any atom is 0.416 e. The molecule has 1 atom stereocenters. The van der Waals surface area contributed by atoms with Crippen molar-refractivity contribution in [1.29, 1.82) is 5.41 Å². The molecule has 0 saturated carbocycles. The van der Waals surface area contributed by atoms with E-state index in [0.29, 0.717) is 15.2 Å². The van der Waals surface area contributed by atoms with Gasteiger partial charge in [0.2, 0.25) is 5.90 Å². The highest BCUT2D eigenvalue weighted by Gasteiger charge is 2.39. The molecule has 0 fully saturated rings. The summed E-state index contributed by atoms with van der Waals surface area (Å²) in [6, 6.07) is 5.93. The molecule has 0 bridgehead atoms. The van der Waals surface area contributed by atoms with Crippen LogP contribution >= 0.6 is 11.6 Å². The van der Waals surface area contributed by atoms with Gasteiger partial charge in [-0.05, 0) is 24.3 Å². The summed E-state index contributed by atoms with van der Waals surface area (Å²) >= 11 is 5.78. The maximum absolute atomic E-state index is 12.7. The van der Waals surface area contributed by atoms with Gasteiger partial charge in [-0.2, -0.15) is 13.2 Å². The van der Waals surface area contributed by atoms with E-state index in [2.05, 4.69) is 9.84 Å². The number of alkyl halides is 3. The molecule has 2 rings (SSSR count). The average molecular weight is 379 g/mol. The minimum Gasteiger partial charge on any atom is -0.483 e. The molecule has 1 aromatic heterocycles. The highest BCUT2D eigenvalue weighted by Crippen LogP contribution is 2.23. The molecule has 0 aliphatic heterocycles. The van der Waals surface area contributed by atoms with Crippen molar-refractivity contribution in [3.8, 4) is 11.4 Å². The molecule has 0 aliphatic carbocycles. The first kappa shape index (κ1) is 19.0. The first-order chi connectivity index (χ1) is 11.6. The summed E-state index contributed by atoms with van der Waals surface area (Å²) in [5.74, 6) is -0.389. The lowest BCUT2D eigenvalue weighted by Crippen LogP contribution is -2.37. The number of aliphatic hydroxyl groups is 1. The molecule has 0 unspecified atom stereocenters. The summed E-state index contributed by atoms with van der Waals surface area (Å²) < 4.78 is 44.1. The van der Waals surface area contributed by atoms with Crippen LogP contribution in [-0.4, -0.2) is 44.7 Å². The molecule has 136 valence electrons. The van der Waals surface area contributed by atoms with Gasteiger partial charge in [0.25, 0.3) is 0 Å². The van der Waals surface area contributed by atoms with Crippen molar-refractivity contribution in [2.45, 2.75) is 25.4 Å². The van der Waals surface area contributed by atoms with Crippen LogP contribution in [0.5, 0.6) is 0 Å². The average Bonchev–Trinajstić information content (AvgIpc) is 2.84. The fourth-order valence-electron chi connectivity index (χ4n) is 2.00. The monoisotopic (exact) mass is 378 g/mol. The Kier molecular flexibility index (Phi) is 5.53. The molecular weight excluding hydrogens is 365 g/mol. The zero-order chi connectivity index (χ0) is 18.8. The molecule has 11 heteroatoms. The Hall–Kier alpha value is -2.33. The molecular formula is C14H14ClF3N4O3. The van der Waals surface area contributed by atoms with E-state index in [1.165, 1.54) is 31.4 Å². The van der Waals surface area contributed by atoms with Crippen molar-refractivity contribution in [3.05, 3.63) is 39.8 Å². The van der Waals surface area contributed by atoms with Gasteiger partial charge >= 0.3 is 11.9 Å². The number of aromatic nitrogens is 3. The SMILES string of the molecule is COC(=N)Cn1nc(-c2ccc(Cl)cc2)n(C[C@H](O)C(F)(F)F)c1=O. The number of rotatable bonds is 5. The van der Waals surface area contributed by atoms with Crippen LogP contribution in [0.1, 0.15) is 0 Å². The quantitative estimate of drug-likeness (QED) is 0.614. The van der Waals surface area contributed by atoms with Crippen molar-refractivity contribution < 1.29 is 23.0 Å². The molecule has 0 aliphatic rings. The number of hydrogen-bond donors (Lipinski definition) is 2. The van der Waals surface area contributed by atoms with E-state index in [1.54, 1.807) is 0 Å². The lowest BCUT2D eigenvalue weighted by molar-refractivity contribution is -0.207. The zero-order valence-electron chi connectivity index (χ0n) is 12.9. The normalized spacial score (nSPS) is 12.9. The predicted molar refractivity (Wildman–Crippen MR) is 83.7 cm³/mol. The minimum absolute atomic E-state index is 0.0890. The van der Waals surface area contributed by atoms with Crippen LogP contribution < -0.4 is 5.69 Å². The van der Waals surface area contributed by atoms with Crippen molar-refractivity contribution in [2.75, 3.05) is 7.11 Å². The summed E-state index contributed by atoms with van der Waals surface area (Å²) in [4.78, 5) is 12.4. The first-order valence-electron chi connectivity index (χ1n) is 6.93. The number of benzene rings is 1. The molecule has 0 amide bonds. The number of hydrogen-bond acceptors (Lipinski definition) is 5. The van der Waals surface area contributed by atoms with Crippen molar-refractivity contribution in [2.24, 2.45) is 0 Å². The highest BCUT2D eigenvalue weighted by molar-refractivity contribution is 6.30. The topological polar surface area (TPSA) is 93.1 Å². The van der Waals surface area contributed by atoms with Crippen molar-refractivity contribution in [3.63, 3.8) is 0 Å². The van der Waals surface area contributed by atoms with E-state index in [0.717, 1.165) is 4.68 Å². The summed E-state index contributed by atoms with van der Waals surface area (Å²) in [6.07, 6.45) is -7.63. The second-order valence-corrected chi connectivity index (χ2v) is 5.50. The van der Waals surface area contributed by atoms with Crippen LogP contribution in [0.4, 0.5) is 13.2 Å². The van der Waals surface area contributed by atoms with E-state index in [9.17, 15) is 23.1 Å². The Labute approximate surface area is 144 Å². The van der Waals surface area contributed by atoms with E-state index in [1.807, 2.05) is 0 Å². The molecule has 0 spiro atoms. The second-order valence-electron chi connectivity index (χ2n) is 5.07. The standard InChI is InChI=1S/C14H14ClF3N4O3/c1-25-11(19)7-22-13(24)21(6-10(23)14(16,17)18)12(20-22)8-2-4-9(15)5-3-8/h2-5,10,19,23H,6-7H2,1H3/t10-/m0/s1. The summed E-state index contributed by atoms with van der Waals surface area (Å²) in [7, 11) is 1.22. The largest absolute Gasteiger partial charge is 0.483 e. The number of ether oxygens (including phenoxy) is 1. The van der Waals surface area contributed by atoms with Gasteiger partial charge in [-0.3, -0.25) is 9.98 Å². The Morgan fingerprint density at radius 1 is 1.40 bits per heavy atom. The number of methoxy groups -OCH3 is 1. The van der Waals surface area contributed by atoms with E-state index in [4.69, 9.17) is 17.0 Å². The smallest absolute Gasteiger partial charge is 0.416 e. The molecule has 2 aromatic rings. The molecule has 7 nitrogen and oxygen atoms in total. The second kappa shape index (κ2) is 7.28. The predicted octanol–water partition coefficient (Wildman–Crippen LogP) is 1.91. The minimum atomic E-state index is -4.89. The van der Waals surface area contributed by atoms with Gasteiger partial charge in [0, 0.05) is 10.6 Å². The van der Waals surface area contributed by atoms with E-state index >= 15 is 0 Å². The van der Waals surface area contributed by atoms with Gasteiger partial charge in [-0.1, -0.05) is 11.6 Å². The number of aliphatic hydroxyl groups excluding tert-OH is 1. The Morgan fingerprint density at radius 3 is 2.52 bits per heavy atom. The number of nitrogens with zero attached hydrogens (tertiary/aromatic N) is 3. The van der Waals surface area contributed by atoms with Crippen LogP contribution in [0.3, 0.4) is 0 Å². The zero-order valence-corrected chi connectivity index (χ0v) is 13.7. The fourth-order valence-corrected chi connectivity index (χ4v) is 2.12. The Bertz CT molecular complexity index is 814. The third kappa shape index (κ3) is 4.40. The van der Waals surface area contributed by atoms with Gasteiger partial charge in [0.15, 0.2) is 11.9 Å². The highest BCUT2D eigenvalue weighted by atomic mass is 35.5. The summed E-state index contributed by atoms with van der Waals surface area (Å²) in [6.45, 7) is -1.38. The van der Waals surface area contributed by atoms with Crippen LogP contribution in [0.25, 0.3) is 11.4 Å². The fraction of sp³-hybridized carbons (Fsp3) is 0.357. The Balaban J connectivity index is 2.51. The lowest BCUT2D eigenvalue weighted by Gasteiger charge is -2.15. The van der Waals surface area contributed by atoms with Crippen LogP contribution in [-0.2, 0) is 17.8 Å². The van der Waals surface area contributed by atoms with E-state index in [-0.39, 0.29) is 18.3 Å². The van der Waals surface area contributed by atoms with Crippen LogP contribution in [0, 0.1) is 5.41 Å². The first-order valence-corrected chi connectivity index (χ1v) is 7.31.